The molecule has 2 fully saturated rings. The number of ether oxygens (including phenoxy) is 2. The van der Waals surface area contributed by atoms with Crippen LogP contribution in [0.15, 0.2) is 24.3 Å². The fraction of sp³-hybridized carbons (Fsp3) is 0.636. The molecule has 0 radical (unpaired) electrons. The van der Waals surface area contributed by atoms with Crippen LogP contribution in [0.5, 0.6) is 5.75 Å². The highest BCUT2D eigenvalue weighted by molar-refractivity contribution is 5.84. The van der Waals surface area contributed by atoms with Gasteiger partial charge in [0.2, 0.25) is 0 Å². The van der Waals surface area contributed by atoms with Crippen LogP contribution in [0.4, 0.5) is 4.79 Å². The van der Waals surface area contributed by atoms with E-state index in [0.717, 1.165) is 43.4 Å². The van der Waals surface area contributed by atoms with Crippen molar-refractivity contribution in [3.05, 3.63) is 29.8 Å². The number of Topliss-reactive ketones (excluding diaryl/α,β-unsaturated/α-hetero) is 1. The minimum absolute atomic E-state index is 0.0187. The van der Waals surface area contributed by atoms with Gasteiger partial charge in [0.25, 0.3) is 0 Å². The molecule has 0 spiro atoms. The van der Waals surface area contributed by atoms with E-state index in [4.69, 9.17) is 9.47 Å². The van der Waals surface area contributed by atoms with Gasteiger partial charge in [-0.3, -0.25) is 4.79 Å². The maximum atomic E-state index is 12.9. The van der Waals surface area contributed by atoms with Gasteiger partial charge >= 0.3 is 6.09 Å². The second-order valence-corrected chi connectivity index (χ2v) is 8.79. The molecule has 5 nitrogen and oxygen atoms in total. The molecule has 2 aliphatic heterocycles. The molecular weight excluding hydrogens is 342 g/mol. The van der Waals surface area contributed by atoms with Crippen LogP contribution < -0.4 is 4.74 Å². The smallest absolute Gasteiger partial charge is 0.410 e. The number of carbonyl (C=O) groups is 2. The Balaban J connectivity index is 1.66. The molecule has 0 N–H and O–H groups in total. The zero-order valence-electron chi connectivity index (χ0n) is 16.9. The minimum Gasteiger partial charge on any atom is -0.497 e. The summed E-state index contributed by atoms with van der Waals surface area (Å²) in [4.78, 5) is 27.5. The number of nitrogens with zero attached hydrogens (tertiary/aromatic N) is 1. The number of rotatable bonds is 4. The Hall–Kier alpha value is -2.04. The van der Waals surface area contributed by atoms with Gasteiger partial charge in [-0.1, -0.05) is 12.1 Å². The normalized spacial score (nSPS) is 25.0. The largest absolute Gasteiger partial charge is 0.497 e. The molecule has 5 heteroatoms. The molecule has 148 valence electrons. The number of ketones is 1. The molecule has 27 heavy (non-hydrogen) atoms. The second kappa shape index (κ2) is 7.91. The quantitative estimate of drug-likeness (QED) is 0.786. The van der Waals surface area contributed by atoms with Gasteiger partial charge in [0, 0.05) is 24.4 Å². The molecule has 2 saturated heterocycles. The van der Waals surface area contributed by atoms with Crippen molar-refractivity contribution < 1.29 is 19.1 Å². The first-order valence-corrected chi connectivity index (χ1v) is 9.94. The van der Waals surface area contributed by atoms with Gasteiger partial charge in [0.05, 0.1) is 7.11 Å². The number of piperidine rings is 2. The number of amides is 1. The Morgan fingerprint density at radius 3 is 2.41 bits per heavy atom. The lowest BCUT2D eigenvalue weighted by atomic mass is 9.76. The lowest BCUT2D eigenvalue weighted by molar-refractivity contribution is -0.126. The molecule has 3 rings (SSSR count). The van der Waals surface area contributed by atoms with Crippen LogP contribution in [0.2, 0.25) is 0 Å². The number of carbonyl (C=O) groups excluding carboxylic acids is 2. The molecular formula is C22H31NO4. The summed E-state index contributed by atoms with van der Waals surface area (Å²) in [5, 5.41) is 0. The van der Waals surface area contributed by atoms with Crippen molar-refractivity contribution in [2.45, 2.75) is 77.0 Å². The summed E-state index contributed by atoms with van der Waals surface area (Å²) < 4.78 is 10.9. The van der Waals surface area contributed by atoms with Crippen molar-refractivity contribution in [1.82, 2.24) is 4.90 Å². The maximum Gasteiger partial charge on any atom is 0.410 e. The predicted octanol–water partition coefficient (Wildman–Crippen LogP) is 4.38. The minimum atomic E-state index is -0.496. The van der Waals surface area contributed by atoms with Gasteiger partial charge in [0.1, 0.15) is 17.1 Å². The highest BCUT2D eigenvalue weighted by Gasteiger charge is 2.44. The molecule has 2 heterocycles. The highest BCUT2D eigenvalue weighted by Crippen LogP contribution is 2.38. The summed E-state index contributed by atoms with van der Waals surface area (Å²) in [6.07, 6.45) is 4.73. The number of hydrogen-bond acceptors (Lipinski definition) is 4. The molecule has 2 bridgehead atoms. The molecule has 0 saturated carbocycles. The molecule has 0 aliphatic carbocycles. The molecule has 2 atom stereocenters. The van der Waals surface area contributed by atoms with Gasteiger partial charge in [-0.05, 0) is 70.6 Å². The molecule has 1 amide bonds. The maximum absolute atomic E-state index is 12.9. The van der Waals surface area contributed by atoms with E-state index in [-0.39, 0.29) is 29.9 Å². The Kier molecular flexibility index (Phi) is 5.78. The zero-order chi connectivity index (χ0) is 19.6. The summed E-state index contributed by atoms with van der Waals surface area (Å²) in [6, 6.07) is 7.93. The number of hydrogen-bond donors (Lipinski definition) is 0. The Labute approximate surface area is 162 Å². The molecule has 0 aromatic heterocycles. The van der Waals surface area contributed by atoms with Crippen LogP contribution >= 0.6 is 0 Å². The van der Waals surface area contributed by atoms with E-state index in [1.54, 1.807) is 7.11 Å². The highest BCUT2D eigenvalue weighted by atomic mass is 16.6. The van der Waals surface area contributed by atoms with E-state index >= 15 is 0 Å². The van der Waals surface area contributed by atoms with Crippen LogP contribution in [0, 0.1) is 5.92 Å². The topological polar surface area (TPSA) is 55.8 Å². The third-order valence-corrected chi connectivity index (χ3v) is 5.55. The summed E-state index contributed by atoms with van der Waals surface area (Å²) in [7, 11) is 1.63. The lowest BCUT2D eigenvalue weighted by Crippen LogP contribution is -2.56. The molecule has 1 aromatic carbocycles. The van der Waals surface area contributed by atoms with E-state index in [1.165, 1.54) is 0 Å². The van der Waals surface area contributed by atoms with Crippen molar-refractivity contribution in [2.24, 2.45) is 5.92 Å². The summed E-state index contributed by atoms with van der Waals surface area (Å²) in [5.41, 5.74) is 0.490. The van der Waals surface area contributed by atoms with Crippen LogP contribution in [0.1, 0.15) is 58.4 Å². The fourth-order valence-electron chi connectivity index (χ4n) is 4.38. The Morgan fingerprint density at radius 1 is 1.15 bits per heavy atom. The zero-order valence-corrected chi connectivity index (χ0v) is 16.9. The van der Waals surface area contributed by atoms with Crippen molar-refractivity contribution >= 4 is 11.9 Å². The van der Waals surface area contributed by atoms with E-state index < -0.39 is 5.60 Å². The van der Waals surface area contributed by atoms with Crippen LogP contribution in [-0.4, -0.2) is 41.6 Å². The average molecular weight is 373 g/mol. The fourth-order valence-corrected chi connectivity index (χ4v) is 4.38. The Bertz CT molecular complexity index is 680. The van der Waals surface area contributed by atoms with E-state index in [1.807, 2.05) is 49.9 Å². The van der Waals surface area contributed by atoms with Crippen molar-refractivity contribution in [3.8, 4) is 5.75 Å². The molecule has 2 aliphatic rings. The van der Waals surface area contributed by atoms with Gasteiger partial charge in [0.15, 0.2) is 0 Å². The van der Waals surface area contributed by atoms with E-state index in [2.05, 4.69) is 0 Å². The van der Waals surface area contributed by atoms with E-state index in [9.17, 15) is 9.59 Å². The third kappa shape index (κ3) is 4.82. The van der Waals surface area contributed by atoms with Gasteiger partial charge in [-0.15, -0.1) is 0 Å². The first-order chi connectivity index (χ1) is 12.8. The van der Waals surface area contributed by atoms with Crippen LogP contribution in [-0.2, 0) is 16.0 Å². The van der Waals surface area contributed by atoms with Gasteiger partial charge in [-0.2, -0.15) is 0 Å². The number of benzene rings is 1. The molecule has 2 unspecified atom stereocenters. The van der Waals surface area contributed by atoms with Crippen LogP contribution in [0.3, 0.4) is 0 Å². The Morgan fingerprint density at radius 2 is 1.81 bits per heavy atom. The van der Waals surface area contributed by atoms with Crippen molar-refractivity contribution in [2.75, 3.05) is 7.11 Å². The first kappa shape index (κ1) is 19.7. The van der Waals surface area contributed by atoms with E-state index in [0.29, 0.717) is 6.42 Å². The second-order valence-electron chi connectivity index (χ2n) is 8.79. The van der Waals surface area contributed by atoms with Gasteiger partial charge < -0.3 is 14.4 Å². The standard InChI is InChI=1S/C22H31NO4/c1-22(2,3)27-21(25)23-17-8-6-9-18(23)14-16(13-17)20(24)12-15-7-5-10-19(11-15)26-4/h5,7,10-11,16-18H,6,8-9,12-14H2,1-4H3. The molecule has 1 aromatic rings. The first-order valence-electron chi connectivity index (χ1n) is 9.94. The number of fused-ring (bicyclic) bond motifs is 2. The third-order valence-electron chi connectivity index (χ3n) is 5.55. The van der Waals surface area contributed by atoms with Crippen molar-refractivity contribution in [3.63, 3.8) is 0 Å². The SMILES string of the molecule is COc1cccc(CC(=O)C2CC3CCCC(C2)N3C(=O)OC(C)(C)C)c1. The monoisotopic (exact) mass is 373 g/mol. The van der Waals surface area contributed by atoms with Gasteiger partial charge in [-0.25, -0.2) is 4.79 Å². The summed E-state index contributed by atoms with van der Waals surface area (Å²) in [5.74, 6) is 1.06. The van der Waals surface area contributed by atoms with Crippen LogP contribution in [0.25, 0.3) is 0 Å². The van der Waals surface area contributed by atoms with Crippen molar-refractivity contribution in [1.29, 1.82) is 0 Å². The summed E-state index contributed by atoms with van der Waals surface area (Å²) in [6.45, 7) is 5.68. The predicted molar refractivity (Wildman–Crippen MR) is 104 cm³/mol. The number of methoxy groups -OCH3 is 1. The lowest BCUT2D eigenvalue weighted by Gasteiger charge is -2.48. The summed E-state index contributed by atoms with van der Waals surface area (Å²) >= 11 is 0. The average Bonchev–Trinajstić information content (AvgIpc) is 2.59.